The summed E-state index contributed by atoms with van der Waals surface area (Å²) in [7, 11) is 0. The summed E-state index contributed by atoms with van der Waals surface area (Å²) < 4.78 is 0. The van der Waals surface area contributed by atoms with Crippen LogP contribution in [-0.4, -0.2) is 0 Å². The number of nitriles is 1. The second-order valence-corrected chi connectivity index (χ2v) is 1.64. The standard InChI is InChI=1S/C7H4NO/c8-5-6-1-3-7(9)4-2-6/h1-4H. The van der Waals surface area contributed by atoms with Crippen LogP contribution in [0.25, 0.3) is 0 Å². The monoisotopic (exact) mass is 118 g/mol. The van der Waals surface area contributed by atoms with E-state index in [1.807, 2.05) is 6.07 Å². The van der Waals surface area contributed by atoms with Crippen molar-refractivity contribution in [2.45, 2.75) is 0 Å². The molecular weight excluding hydrogens is 114 g/mol. The van der Waals surface area contributed by atoms with E-state index in [-0.39, 0.29) is 5.75 Å². The first-order chi connectivity index (χ1) is 4.33. The Labute approximate surface area is 53.0 Å². The fourth-order valence-electron chi connectivity index (χ4n) is 0.529. The van der Waals surface area contributed by atoms with Gasteiger partial charge in [0.05, 0.1) is 11.6 Å². The summed E-state index contributed by atoms with van der Waals surface area (Å²) in [5.74, 6) is -0.0611. The third-order valence-corrected chi connectivity index (χ3v) is 0.983. The summed E-state index contributed by atoms with van der Waals surface area (Å²) in [6.45, 7) is 0. The SMILES string of the molecule is N#Cc1ccc([O])cc1. The van der Waals surface area contributed by atoms with Crippen LogP contribution in [0, 0.1) is 11.3 Å². The van der Waals surface area contributed by atoms with Crippen molar-refractivity contribution in [2.75, 3.05) is 0 Å². The first kappa shape index (κ1) is 5.64. The maximum absolute atomic E-state index is 10.4. The van der Waals surface area contributed by atoms with E-state index in [1.54, 1.807) is 0 Å². The van der Waals surface area contributed by atoms with E-state index >= 15 is 0 Å². The van der Waals surface area contributed by atoms with Gasteiger partial charge in [0.15, 0.2) is 5.75 Å². The minimum absolute atomic E-state index is 0.0611. The molecule has 2 nitrogen and oxygen atoms in total. The predicted molar refractivity (Wildman–Crippen MR) is 31.3 cm³/mol. The van der Waals surface area contributed by atoms with Crippen molar-refractivity contribution in [3.63, 3.8) is 0 Å². The fraction of sp³-hybridized carbons (Fsp3) is 0. The first-order valence-electron chi connectivity index (χ1n) is 2.50. The van der Waals surface area contributed by atoms with Gasteiger partial charge in [-0.05, 0) is 24.3 Å². The molecule has 0 saturated carbocycles. The smallest absolute Gasteiger partial charge is 0.178 e. The molecule has 1 aromatic carbocycles. The molecule has 0 unspecified atom stereocenters. The van der Waals surface area contributed by atoms with Crippen molar-refractivity contribution in [1.82, 2.24) is 0 Å². The molecule has 1 rings (SSSR count). The van der Waals surface area contributed by atoms with E-state index in [0.717, 1.165) is 0 Å². The summed E-state index contributed by atoms with van der Waals surface area (Å²) in [4.78, 5) is 0. The molecule has 2 heteroatoms. The van der Waals surface area contributed by atoms with Gasteiger partial charge in [-0.2, -0.15) is 5.26 Å². The van der Waals surface area contributed by atoms with Crippen molar-refractivity contribution in [3.8, 4) is 11.8 Å². The summed E-state index contributed by atoms with van der Waals surface area (Å²) >= 11 is 0. The van der Waals surface area contributed by atoms with Crippen molar-refractivity contribution >= 4 is 0 Å². The van der Waals surface area contributed by atoms with Gasteiger partial charge in [0.25, 0.3) is 0 Å². The molecule has 0 bridgehead atoms. The summed E-state index contributed by atoms with van der Waals surface area (Å²) in [5, 5.41) is 18.7. The maximum atomic E-state index is 10.4. The summed E-state index contributed by atoms with van der Waals surface area (Å²) in [6.07, 6.45) is 0. The predicted octanol–water partition coefficient (Wildman–Crippen LogP) is 1.70. The van der Waals surface area contributed by atoms with Crippen molar-refractivity contribution in [2.24, 2.45) is 0 Å². The van der Waals surface area contributed by atoms with Gasteiger partial charge in [0, 0.05) is 0 Å². The van der Waals surface area contributed by atoms with Gasteiger partial charge in [-0.3, -0.25) is 5.11 Å². The number of nitrogens with zero attached hydrogens (tertiary/aromatic N) is 1. The molecule has 0 saturated heterocycles. The van der Waals surface area contributed by atoms with Gasteiger partial charge in [-0.15, -0.1) is 0 Å². The molecule has 0 aliphatic heterocycles. The zero-order chi connectivity index (χ0) is 6.69. The molecule has 1 aromatic rings. The number of rotatable bonds is 0. The molecule has 0 aromatic heterocycles. The topological polar surface area (TPSA) is 43.7 Å². The van der Waals surface area contributed by atoms with Gasteiger partial charge >= 0.3 is 0 Å². The zero-order valence-corrected chi connectivity index (χ0v) is 4.66. The van der Waals surface area contributed by atoms with E-state index in [1.165, 1.54) is 24.3 Å². The van der Waals surface area contributed by atoms with Crippen LogP contribution >= 0.6 is 0 Å². The van der Waals surface area contributed by atoms with Crippen LogP contribution in [0.5, 0.6) is 5.75 Å². The Kier molecular flexibility index (Phi) is 1.37. The molecule has 9 heavy (non-hydrogen) atoms. The highest BCUT2D eigenvalue weighted by atomic mass is 16.3. The van der Waals surface area contributed by atoms with Crippen molar-refractivity contribution < 1.29 is 5.11 Å². The molecule has 0 amide bonds. The van der Waals surface area contributed by atoms with Crippen LogP contribution in [0.2, 0.25) is 0 Å². The third-order valence-electron chi connectivity index (χ3n) is 0.983. The van der Waals surface area contributed by atoms with Crippen LogP contribution in [-0.2, 0) is 5.11 Å². The quantitative estimate of drug-likeness (QED) is 0.511. The van der Waals surface area contributed by atoms with Gasteiger partial charge in [-0.1, -0.05) is 0 Å². The first-order valence-corrected chi connectivity index (χ1v) is 2.50. The van der Waals surface area contributed by atoms with E-state index in [0.29, 0.717) is 5.56 Å². The Bertz CT molecular complexity index is 232. The largest absolute Gasteiger partial charge is 0.290 e. The number of hydrogen-bond acceptors (Lipinski definition) is 1. The van der Waals surface area contributed by atoms with Crippen molar-refractivity contribution in [1.29, 1.82) is 5.26 Å². The normalized spacial score (nSPS) is 8.33. The fourth-order valence-corrected chi connectivity index (χ4v) is 0.529. The van der Waals surface area contributed by atoms with Crippen LogP contribution in [0.3, 0.4) is 0 Å². The lowest BCUT2D eigenvalue weighted by molar-refractivity contribution is 0.355. The molecule has 0 heterocycles. The highest BCUT2D eigenvalue weighted by Gasteiger charge is 1.88. The second-order valence-electron chi connectivity index (χ2n) is 1.64. The van der Waals surface area contributed by atoms with E-state index in [4.69, 9.17) is 5.26 Å². The van der Waals surface area contributed by atoms with Crippen LogP contribution < -0.4 is 0 Å². The molecule has 43 valence electrons. The Morgan fingerprint density at radius 2 is 1.78 bits per heavy atom. The minimum atomic E-state index is -0.0611. The molecular formula is C7H4NO. The Morgan fingerprint density at radius 1 is 1.22 bits per heavy atom. The molecule has 0 spiro atoms. The third kappa shape index (κ3) is 1.20. The van der Waals surface area contributed by atoms with Crippen LogP contribution in [0.15, 0.2) is 24.3 Å². The minimum Gasteiger partial charge on any atom is -0.290 e. The lowest BCUT2D eigenvalue weighted by atomic mass is 10.2. The number of hydrogen-bond donors (Lipinski definition) is 0. The highest BCUT2D eigenvalue weighted by Crippen LogP contribution is 2.08. The molecule has 0 aliphatic rings. The Hall–Kier alpha value is -1.49. The summed E-state index contributed by atoms with van der Waals surface area (Å²) in [5.41, 5.74) is 0.523. The van der Waals surface area contributed by atoms with Crippen LogP contribution in [0.1, 0.15) is 5.56 Å². The average molecular weight is 118 g/mol. The Balaban J connectivity index is 3.06. The lowest BCUT2D eigenvalue weighted by Crippen LogP contribution is -1.68. The summed E-state index contributed by atoms with van der Waals surface area (Å²) in [6, 6.07) is 7.67. The van der Waals surface area contributed by atoms with E-state index < -0.39 is 0 Å². The molecule has 0 N–H and O–H groups in total. The van der Waals surface area contributed by atoms with Crippen molar-refractivity contribution in [3.05, 3.63) is 29.8 Å². The second kappa shape index (κ2) is 2.19. The van der Waals surface area contributed by atoms with Gasteiger partial charge < -0.3 is 0 Å². The average Bonchev–Trinajstić information content (AvgIpc) is 1.90. The number of benzene rings is 1. The molecule has 0 atom stereocenters. The van der Waals surface area contributed by atoms with Gasteiger partial charge in [-0.25, -0.2) is 0 Å². The van der Waals surface area contributed by atoms with Gasteiger partial charge in [0.2, 0.25) is 0 Å². The molecule has 1 radical (unpaired) electrons. The van der Waals surface area contributed by atoms with E-state index in [9.17, 15) is 5.11 Å². The molecule has 0 fully saturated rings. The molecule has 0 aliphatic carbocycles. The maximum Gasteiger partial charge on any atom is 0.178 e. The lowest BCUT2D eigenvalue weighted by Gasteiger charge is -1.84. The zero-order valence-electron chi connectivity index (χ0n) is 4.66. The highest BCUT2D eigenvalue weighted by molar-refractivity contribution is 5.33. The van der Waals surface area contributed by atoms with Gasteiger partial charge in [0.1, 0.15) is 0 Å². The van der Waals surface area contributed by atoms with E-state index in [2.05, 4.69) is 0 Å². The Morgan fingerprint density at radius 3 is 2.22 bits per heavy atom. The van der Waals surface area contributed by atoms with Crippen LogP contribution in [0.4, 0.5) is 0 Å².